The number of carbonyl (C=O) groups excluding carboxylic acids is 12. The lowest BCUT2D eigenvalue weighted by molar-refractivity contribution is -0.219. The third kappa shape index (κ3) is 22.0. The van der Waals surface area contributed by atoms with Gasteiger partial charge in [0.1, 0.15) is 72.1 Å². The zero-order chi connectivity index (χ0) is 83.8. The Morgan fingerprint density at radius 1 is 0.646 bits per heavy atom. The van der Waals surface area contributed by atoms with Crippen molar-refractivity contribution in [2.24, 2.45) is 41.4 Å². The van der Waals surface area contributed by atoms with Crippen molar-refractivity contribution >= 4 is 70.9 Å². The Kier molecular flexibility index (Phi) is 30.7. The van der Waals surface area contributed by atoms with Gasteiger partial charge in [0.2, 0.25) is 70.9 Å². The summed E-state index contributed by atoms with van der Waals surface area (Å²) in [5, 5.41) is 7.89. The molecule has 3 N–H and O–H groups in total. The quantitative estimate of drug-likeness (QED) is 0.134. The van der Waals surface area contributed by atoms with Crippen molar-refractivity contribution in [3.63, 3.8) is 0 Å². The molecule has 0 aromatic carbocycles. The Bertz CT molecular complexity index is 3440. The van der Waals surface area contributed by atoms with Crippen LogP contribution in [0.15, 0.2) is 11.6 Å². The number of nitrogens with zero attached hydrogens (tertiary/aromatic N) is 9. The van der Waals surface area contributed by atoms with Gasteiger partial charge in [-0.05, 0) is 127 Å². The third-order valence-corrected chi connectivity index (χ3v) is 24.7. The van der Waals surface area contributed by atoms with Crippen molar-refractivity contribution in [1.82, 2.24) is 60.0 Å². The minimum atomic E-state index is -5.27. The SMILES string of the molecule is CCO[C@@H]1C[C@H]2C(=O)NC3(CC(F)(F)C3)C(=O)N(C)[C@@H](C3CCCC3)C(=O)N(C)[C@H](C(=O)N3CCOCC3)CC(=O)N(C)[C@@H](CC(C)C)C(=O)N[C@@H]([C@@H](C)CC)C(=O)N(C)CC(=O)N(C)[C@H]3CC=C(C)CN(C3=O)[C@@H](CC3CCC(C(F)(F)F)CC3)C(=O)N(C)CC(=O)N[C@@H](CCC3CC(F)C(C(F)(F)F)C(F)C3)C(=O)N2C1. The summed E-state index contributed by atoms with van der Waals surface area (Å²) in [6, 6.07) is -12.5. The molecule has 2 unspecified atom stereocenters. The Labute approximate surface area is 654 Å². The van der Waals surface area contributed by atoms with E-state index >= 15 is 60.7 Å². The van der Waals surface area contributed by atoms with E-state index in [4.69, 9.17) is 9.47 Å². The summed E-state index contributed by atoms with van der Waals surface area (Å²) in [5.74, 6) is -22.8. The Hall–Kier alpha value is -7.40. The molecule has 113 heavy (non-hydrogen) atoms. The second-order valence-electron chi connectivity index (χ2n) is 33.4. The van der Waals surface area contributed by atoms with Gasteiger partial charge in [-0.1, -0.05) is 58.6 Å². The van der Waals surface area contributed by atoms with E-state index in [1.54, 1.807) is 47.6 Å². The average molecular weight is 1620 g/mol. The summed E-state index contributed by atoms with van der Waals surface area (Å²) in [7, 11) is 7.51. The molecule has 12 amide bonds. The molecule has 8 rings (SSSR count). The van der Waals surface area contributed by atoms with E-state index in [9.17, 15) is 40.7 Å². The average Bonchev–Trinajstić information content (AvgIpc) is 1.59. The van der Waals surface area contributed by atoms with Crippen LogP contribution in [0.2, 0.25) is 0 Å². The summed E-state index contributed by atoms with van der Waals surface area (Å²) in [6.07, 6.45) is -20.2. The van der Waals surface area contributed by atoms with Gasteiger partial charge in [0.05, 0.1) is 44.7 Å². The van der Waals surface area contributed by atoms with Crippen LogP contribution in [-0.2, 0) is 67.0 Å². The highest BCUT2D eigenvalue weighted by Gasteiger charge is 2.65. The van der Waals surface area contributed by atoms with Gasteiger partial charge in [0.15, 0.2) is 0 Å². The van der Waals surface area contributed by atoms with Gasteiger partial charge < -0.3 is 69.5 Å². The van der Waals surface area contributed by atoms with Crippen LogP contribution in [0.4, 0.5) is 43.9 Å². The molecule has 2 bridgehead atoms. The molecular formula is C77H116F10N12O14. The van der Waals surface area contributed by atoms with Gasteiger partial charge in [0.25, 0.3) is 5.92 Å². The van der Waals surface area contributed by atoms with E-state index in [0.717, 1.165) is 41.3 Å². The number of amides is 12. The summed E-state index contributed by atoms with van der Waals surface area (Å²) >= 11 is 0. The number of halogens is 10. The van der Waals surface area contributed by atoms with Crippen LogP contribution in [0.5, 0.6) is 0 Å². The van der Waals surface area contributed by atoms with E-state index in [1.807, 2.05) is 0 Å². The van der Waals surface area contributed by atoms with Crippen LogP contribution in [0.3, 0.4) is 0 Å². The first kappa shape index (κ1) is 91.1. The summed E-state index contributed by atoms with van der Waals surface area (Å²) in [4.78, 5) is 192. The molecule has 638 valence electrons. The molecule has 4 heterocycles. The first-order valence-corrected chi connectivity index (χ1v) is 39.8. The van der Waals surface area contributed by atoms with Gasteiger partial charge in [-0.15, -0.1) is 0 Å². The van der Waals surface area contributed by atoms with Crippen LogP contribution in [0, 0.1) is 41.4 Å². The number of ether oxygens (including phenoxy) is 2. The standard InChI is InChI=1S/C77H116F10N12O14/c1-13-45(6)63-71(109)92(8)40-61(102)93(9)54-26-19-44(5)37-98(70(54)108)58(34-46-20-23-49(24-21-46)76(82,83)84)68(106)91(7)39-59(100)88-53(25-22-47-32-51(78)62(52(79)33-47)77(85,86)87)67(105)99-38-50(113-14-2)35-56(99)66(104)90-74(41-75(80,81)42-74)73(111)96(12)64(48-17-15-16-18-48)72(110)95(11)57(69(107)97-27-29-112-30-28-97)36-60(101)94(10)55(31-43(3)4)65(103)89-63/h19,43,45-58,62-64H,13-18,20-42H2,1-12H3,(H,88,100)(H,89,103)(H,90,104)/t45-,46?,47?,49?,50+,51?,52?,53-,54-,55-,56-,57-,58-,62?,63-,64-/m0/s1. The smallest absolute Gasteiger partial charge is 0.378 e. The first-order valence-electron chi connectivity index (χ1n) is 39.8. The topological polar surface area (TPSA) is 289 Å². The fourth-order valence-electron chi connectivity index (χ4n) is 17.9. The van der Waals surface area contributed by atoms with Crippen LogP contribution in [0.25, 0.3) is 0 Å². The molecule has 0 radical (unpaired) electrons. The van der Waals surface area contributed by atoms with Crippen molar-refractivity contribution < 1.29 is 111 Å². The lowest BCUT2D eigenvalue weighted by Gasteiger charge is -2.50. The zero-order valence-corrected chi connectivity index (χ0v) is 67.0. The molecule has 12 atom stereocenters. The fourth-order valence-corrected chi connectivity index (χ4v) is 17.9. The van der Waals surface area contributed by atoms with Crippen LogP contribution in [-0.4, -0.2) is 307 Å². The lowest BCUT2D eigenvalue weighted by atomic mass is 9.71. The molecule has 26 nitrogen and oxygen atoms in total. The van der Waals surface area contributed by atoms with Gasteiger partial charge in [-0.2, -0.15) is 26.3 Å². The molecule has 1 spiro atoms. The first-order chi connectivity index (χ1) is 52.8. The summed E-state index contributed by atoms with van der Waals surface area (Å²) in [5.41, 5.74) is -2.01. The second-order valence-corrected chi connectivity index (χ2v) is 33.4. The van der Waals surface area contributed by atoms with E-state index in [0.29, 0.717) is 37.7 Å². The predicted octanol–water partition coefficient (Wildman–Crippen LogP) is 6.37. The minimum absolute atomic E-state index is 0.00829. The maximum Gasteiger partial charge on any atom is 0.397 e. The molecule has 0 aromatic heterocycles. The number of rotatable bonds is 13. The molecule has 0 aromatic rings. The Balaban J connectivity index is 1.23. The molecule has 8 aliphatic rings. The van der Waals surface area contributed by atoms with Crippen LogP contribution >= 0.6 is 0 Å². The number of fused-ring (bicyclic) bond motifs is 3. The maximum absolute atomic E-state index is 15.8. The highest BCUT2D eigenvalue weighted by Crippen LogP contribution is 2.49. The van der Waals surface area contributed by atoms with Crippen LogP contribution in [0.1, 0.15) is 170 Å². The minimum Gasteiger partial charge on any atom is -0.378 e. The van der Waals surface area contributed by atoms with E-state index < -0.39 is 262 Å². The predicted molar refractivity (Wildman–Crippen MR) is 390 cm³/mol. The van der Waals surface area contributed by atoms with Crippen molar-refractivity contribution in [3.05, 3.63) is 11.6 Å². The van der Waals surface area contributed by atoms with Crippen molar-refractivity contribution in [2.45, 2.75) is 261 Å². The summed E-state index contributed by atoms with van der Waals surface area (Å²) in [6.45, 7) is 8.02. The van der Waals surface area contributed by atoms with Gasteiger partial charge in [-0.25, -0.2) is 17.6 Å². The van der Waals surface area contributed by atoms with Gasteiger partial charge >= 0.3 is 12.4 Å². The van der Waals surface area contributed by atoms with E-state index in [2.05, 4.69) is 16.0 Å². The number of alkyl halides is 10. The fraction of sp³-hybridized carbons (Fsp3) is 0.818. The van der Waals surface area contributed by atoms with E-state index in [1.165, 1.54) is 45.0 Å². The highest BCUT2D eigenvalue weighted by molar-refractivity contribution is 6.01. The number of likely N-dealkylation sites (N-methyl/N-ethyl adjacent to an activating group) is 6. The Morgan fingerprint density at radius 3 is 1.82 bits per heavy atom. The molecular weight excluding hydrogens is 1510 g/mol. The van der Waals surface area contributed by atoms with Crippen molar-refractivity contribution in [1.29, 1.82) is 0 Å². The number of hydrogen-bond donors (Lipinski definition) is 3. The van der Waals surface area contributed by atoms with E-state index in [-0.39, 0.29) is 96.7 Å². The van der Waals surface area contributed by atoms with Gasteiger partial charge in [0, 0.05) is 94.3 Å². The Morgan fingerprint density at radius 2 is 1.26 bits per heavy atom. The summed E-state index contributed by atoms with van der Waals surface area (Å²) < 4.78 is 159. The zero-order valence-electron chi connectivity index (χ0n) is 67.0. The lowest BCUT2D eigenvalue weighted by Crippen LogP contribution is -2.72. The number of nitrogens with one attached hydrogen (secondary N) is 3. The number of morpholine rings is 1. The van der Waals surface area contributed by atoms with Crippen molar-refractivity contribution in [2.75, 3.05) is 101 Å². The largest absolute Gasteiger partial charge is 0.397 e. The molecule has 3 saturated heterocycles. The molecule has 4 saturated carbocycles. The number of carbonyl (C=O) groups is 12. The highest BCUT2D eigenvalue weighted by atomic mass is 19.4. The molecule has 4 aliphatic heterocycles. The monoisotopic (exact) mass is 1620 g/mol. The normalized spacial score (nSPS) is 32.1. The molecule has 4 aliphatic carbocycles. The third-order valence-electron chi connectivity index (χ3n) is 24.7. The van der Waals surface area contributed by atoms with Crippen LogP contribution < -0.4 is 16.0 Å². The number of hydrogen-bond acceptors (Lipinski definition) is 14. The van der Waals surface area contributed by atoms with Crippen molar-refractivity contribution in [3.8, 4) is 0 Å². The maximum atomic E-state index is 15.8. The molecule has 36 heteroatoms. The van der Waals surface area contributed by atoms with Gasteiger partial charge in [-0.3, -0.25) is 57.5 Å². The molecule has 7 fully saturated rings. The second kappa shape index (κ2) is 38.1.